The Kier molecular flexibility index (Phi) is 5.82. The first-order valence-electron chi connectivity index (χ1n) is 11.3. The Hall–Kier alpha value is -2.96. The normalized spacial score (nSPS) is 18.6. The molecule has 13 heteroatoms. The first-order chi connectivity index (χ1) is 16.2. The van der Waals surface area contributed by atoms with Gasteiger partial charge in [-0.1, -0.05) is 13.3 Å². The molecule has 2 aliphatic heterocycles. The molecule has 2 aliphatic rings. The van der Waals surface area contributed by atoms with Crippen LogP contribution in [0.2, 0.25) is 0 Å². The lowest BCUT2D eigenvalue weighted by Gasteiger charge is -2.29. The number of nitrogens with zero attached hydrogens (tertiary/aromatic N) is 7. The van der Waals surface area contributed by atoms with Crippen molar-refractivity contribution in [1.29, 1.82) is 0 Å². The highest BCUT2D eigenvalue weighted by Crippen LogP contribution is 2.35. The number of anilines is 2. The minimum absolute atomic E-state index is 0.0412. The van der Waals surface area contributed by atoms with Crippen molar-refractivity contribution in [2.75, 3.05) is 29.9 Å². The largest absolute Gasteiger partial charge is 0.451 e. The van der Waals surface area contributed by atoms with Crippen molar-refractivity contribution in [3.63, 3.8) is 0 Å². The average molecular weight is 495 g/mol. The Morgan fingerprint density at radius 2 is 2.06 bits per heavy atom. The molecule has 0 bridgehead atoms. The first kappa shape index (κ1) is 22.8. The van der Waals surface area contributed by atoms with E-state index in [0.29, 0.717) is 31.4 Å². The molecule has 0 spiro atoms. The summed E-state index contributed by atoms with van der Waals surface area (Å²) in [6.45, 7) is 5.59. The summed E-state index contributed by atoms with van der Waals surface area (Å²) in [6, 6.07) is 2.12. The lowest BCUT2D eigenvalue weighted by Crippen LogP contribution is -2.36. The Morgan fingerprint density at radius 1 is 1.24 bits per heavy atom. The smallest absolute Gasteiger partial charge is 0.350 e. The van der Waals surface area contributed by atoms with Crippen LogP contribution in [0.1, 0.15) is 43.2 Å². The number of rotatable bonds is 5. The van der Waals surface area contributed by atoms with Gasteiger partial charge in [-0.2, -0.15) is 18.2 Å². The van der Waals surface area contributed by atoms with E-state index >= 15 is 0 Å². The van der Waals surface area contributed by atoms with Gasteiger partial charge in [-0.3, -0.25) is 4.79 Å². The van der Waals surface area contributed by atoms with Crippen molar-refractivity contribution in [3.8, 4) is 0 Å². The molecule has 3 aromatic rings. The Labute approximate surface area is 198 Å². The number of aryl methyl sites for hydroxylation is 1. The quantitative estimate of drug-likeness (QED) is 0.582. The zero-order valence-corrected chi connectivity index (χ0v) is 19.7. The number of fused-ring (bicyclic) bond motifs is 2. The first-order valence-corrected chi connectivity index (χ1v) is 12.1. The number of hydrogen-bond donors (Lipinski definition) is 1. The molecule has 0 aromatic carbocycles. The van der Waals surface area contributed by atoms with Gasteiger partial charge in [0, 0.05) is 44.0 Å². The predicted octanol–water partition coefficient (Wildman–Crippen LogP) is 3.31. The van der Waals surface area contributed by atoms with Crippen LogP contribution >= 0.6 is 11.3 Å². The lowest BCUT2D eigenvalue weighted by atomic mass is 10.2. The van der Waals surface area contributed by atoms with E-state index < -0.39 is 12.0 Å². The number of aromatic nitrogens is 5. The van der Waals surface area contributed by atoms with E-state index in [4.69, 9.17) is 9.97 Å². The molecule has 34 heavy (non-hydrogen) atoms. The molecule has 1 saturated heterocycles. The van der Waals surface area contributed by atoms with Crippen molar-refractivity contribution in [2.24, 2.45) is 0 Å². The number of thiophene rings is 1. The monoisotopic (exact) mass is 494 g/mol. The van der Waals surface area contributed by atoms with E-state index in [9.17, 15) is 18.0 Å². The van der Waals surface area contributed by atoms with Crippen molar-refractivity contribution in [2.45, 2.75) is 58.4 Å². The van der Waals surface area contributed by atoms with Crippen LogP contribution in [0.15, 0.2) is 6.07 Å². The molecule has 1 fully saturated rings. The molecule has 5 heterocycles. The highest BCUT2D eigenvalue weighted by molar-refractivity contribution is 7.18. The minimum atomic E-state index is -4.54. The number of carbonyl (C=O) groups excluding carboxylic acids is 1. The van der Waals surface area contributed by atoms with Gasteiger partial charge in [-0.05, 0) is 18.9 Å². The van der Waals surface area contributed by atoms with Crippen molar-refractivity contribution in [3.05, 3.63) is 22.6 Å². The third-order valence-electron chi connectivity index (χ3n) is 6.19. The molecule has 5 rings (SSSR count). The molecule has 1 N–H and O–H groups in total. The zero-order valence-electron chi connectivity index (χ0n) is 18.9. The summed E-state index contributed by atoms with van der Waals surface area (Å²) in [5.41, 5.74) is 0. The third kappa shape index (κ3) is 4.28. The SMILES string of the molecule is CCCc1cc2c(N3CCn4c(nnc4C(F)(F)F)C3)nc(N[C@H]3CCN(C(C)=O)C3)nc2s1. The second kappa shape index (κ2) is 8.67. The second-order valence-electron chi connectivity index (χ2n) is 8.66. The summed E-state index contributed by atoms with van der Waals surface area (Å²) >= 11 is 1.61. The molecule has 182 valence electrons. The minimum Gasteiger partial charge on any atom is -0.350 e. The van der Waals surface area contributed by atoms with E-state index in [1.54, 1.807) is 23.2 Å². The Bertz CT molecular complexity index is 1220. The summed E-state index contributed by atoms with van der Waals surface area (Å²) in [6.07, 6.45) is -1.82. The summed E-state index contributed by atoms with van der Waals surface area (Å²) < 4.78 is 40.9. The van der Waals surface area contributed by atoms with Crippen molar-refractivity contribution >= 4 is 39.2 Å². The number of likely N-dealkylation sites (tertiary alicyclic amines) is 1. The van der Waals surface area contributed by atoms with E-state index in [0.717, 1.165) is 34.0 Å². The van der Waals surface area contributed by atoms with Gasteiger partial charge in [0.1, 0.15) is 10.6 Å². The number of carbonyl (C=O) groups is 1. The fourth-order valence-electron chi connectivity index (χ4n) is 4.53. The summed E-state index contributed by atoms with van der Waals surface area (Å²) in [7, 11) is 0. The Balaban J connectivity index is 1.47. The average Bonchev–Trinajstić information content (AvgIpc) is 3.50. The number of nitrogens with one attached hydrogen (secondary N) is 1. The lowest BCUT2D eigenvalue weighted by molar-refractivity contribution is -0.147. The maximum absolute atomic E-state index is 13.2. The van der Waals surface area contributed by atoms with Crippen LogP contribution in [0.25, 0.3) is 10.2 Å². The van der Waals surface area contributed by atoms with E-state index in [1.807, 2.05) is 4.90 Å². The van der Waals surface area contributed by atoms with Gasteiger partial charge < -0.3 is 19.7 Å². The van der Waals surface area contributed by atoms with Gasteiger partial charge >= 0.3 is 6.18 Å². The van der Waals surface area contributed by atoms with Crippen LogP contribution in [-0.2, 0) is 30.5 Å². The number of halogens is 3. The van der Waals surface area contributed by atoms with Crippen LogP contribution in [0.4, 0.5) is 24.9 Å². The van der Waals surface area contributed by atoms with Gasteiger partial charge in [-0.25, -0.2) is 4.98 Å². The maximum Gasteiger partial charge on any atom is 0.451 e. The van der Waals surface area contributed by atoms with Crippen LogP contribution < -0.4 is 10.2 Å². The van der Waals surface area contributed by atoms with Gasteiger partial charge in [0.05, 0.1) is 11.9 Å². The van der Waals surface area contributed by atoms with Crippen LogP contribution in [0.5, 0.6) is 0 Å². The highest BCUT2D eigenvalue weighted by Gasteiger charge is 2.40. The Morgan fingerprint density at radius 3 is 2.76 bits per heavy atom. The molecular weight excluding hydrogens is 469 g/mol. The van der Waals surface area contributed by atoms with E-state index in [1.165, 1.54) is 4.88 Å². The molecule has 0 radical (unpaired) electrons. The molecule has 1 amide bonds. The molecule has 1 atom stereocenters. The van der Waals surface area contributed by atoms with E-state index in [-0.39, 0.29) is 30.9 Å². The molecule has 0 saturated carbocycles. The van der Waals surface area contributed by atoms with Crippen LogP contribution in [0.3, 0.4) is 0 Å². The van der Waals surface area contributed by atoms with Crippen LogP contribution in [-0.4, -0.2) is 61.2 Å². The fourth-order valence-corrected chi connectivity index (χ4v) is 5.65. The number of alkyl halides is 3. The van der Waals surface area contributed by atoms with E-state index in [2.05, 4.69) is 28.5 Å². The topological polar surface area (TPSA) is 92.1 Å². The van der Waals surface area contributed by atoms with Crippen LogP contribution in [0, 0.1) is 0 Å². The van der Waals surface area contributed by atoms with Gasteiger partial charge in [-0.15, -0.1) is 21.5 Å². The van der Waals surface area contributed by atoms with Gasteiger partial charge in [0.2, 0.25) is 17.7 Å². The standard InChI is InChI=1S/C21H25F3N8OS/c1-3-4-14-9-15-17(31-7-8-32-16(11-31)28-29-19(32)21(22,23)24)26-20(27-18(15)34-14)25-13-5-6-30(10-13)12(2)33/h9,13H,3-8,10-11H2,1-2H3,(H,25,26,27)/t13-/m0/s1. The molecule has 0 aliphatic carbocycles. The second-order valence-corrected chi connectivity index (χ2v) is 9.77. The summed E-state index contributed by atoms with van der Waals surface area (Å²) in [4.78, 5) is 27.0. The molecule has 9 nitrogen and oxygen atoms in total. The summed E-state index contributed by atoms with van der Waals surface area (Å²) in [5.74, 6) is 0.478. The summed E-state index contributed by atoms with van der Waals surface area (Å²) in [5, 5.41) is 11.4. The fraction of sp³-hybridized carbons (Fsp3) is 0.571. The highest BCUT2D eigenvalue weighted by atomic mass is 32.1. The maximum atomic E-state index is 13.2. The molecule has 0 unspecified atom stereocenters. The predicted molar refractivity (Wildman–Crippen MR) is 122 cm³/mol. The molecule has 3 aromatic heterocycles. The third-order valence-corrected chi connectivity index (χ3v) is 7.28. The van der Waals surface area contributed by atoms with Gasteiger partial charge in [0.25, 0.3) is 0 Å². The van der Waals surface area contributed by atoms with Crippen molar-refractivity contribution < 1.29 is 18.0 Å². The number of hydrogen-bond acceptors (Lipinski definition) is 8. The van der Waals surface area contributed by atoms with Gasteiger partial charge in [0.15, 0.2) is 5.82 Å². The van der Waals surface area contributed by atoms with Crippen molar-refractivity contribution in [1.82, 2.24) is 29.6 Å². The zero-order chi connectivity index (χ0) is 24.0. The number of amides is 1. The molecular formula is C21H25F3N8OS.